The number of nitrogens with one attached hydrogen (secondary N) is 1. The Morgan fingerprint density at radius 3 is 3.29 bits per heavy atom. The summed E-state index contributed by atoms with van der Waals surface area (Å²) in [6, 6.07) is 3.68. The SMILES string of the molecule is Nc1ccnc(NCC2CCCS2)c1. The van der Waals surface area contributed by atoms with Gasteiger partial charge < -0.3 is 11.1 Å². The van der Waals surface area contributed by atoms with Crippen LogP contribution in [0.3, 0.4) is 0 Å². The maximum absolute atomic E-state index is 5.66. The van der Waals surface area contributed by atoms with Crippen molar-refractivity contribution in [2.45, 2.75) is 18.1 Å². The summed E-state index contributed by atoms with van der Waals surface area (Å²) in [6.07, 6.45) is 4.40. The van der Waals surface area contributed by atoms with Crippen molar-refractivity contribution in [1.82, 2.24) is 4.98 Å². The molecule has 0 spiro atoms. The molecule has 1 aliphatic rings. The van der Waals surface area contributed by atoms with E-state index in [4.69, 9.17) is 5.73 Å². The second-order valence-electron chi connectivity index (χ2n) is 3.49. The average Bonchev–Trinajstić information content (AvgIpc) is 2.67. The molecule has 1 atom stereocenters. The second kappa shape index (κ2) is 4.55. The van der Waals surface area contributed by atoms with E-state index in [9.17, 15) is 0 Å². The van der Waals surface area contributed by atoms with Crippen molar-refractivity contribution in [2.24, 2.45) is 0 Å². The fourth-order valence-electron chi connectivity index (χ4n) is 1.57. The number of hydrogen-bond donors (Lipinski definition) is 2. The van der Waals surface area contributed by atoms with Gasteiger partial charge in [-0.1, -0.05) is 0 Å². The maximum atomic E-state index is 5.66. The highest BCUT2D eigenvalue weighted by atomic mass is 32.2. The van der Waals surface area contributed by atoms with E-state index in [1.165, 1.54) is 18.6 Å². The van der Waals surface area contributed by atoms with Crippen LogP contribution < -0.4 is 11.1 Å². The van der Waals surface area contributed by atoms with Gasteiger partial charge in [0.05, 0.1) is 0 Å². The molecule has 14 heavy (non-hydrogen) atoms. The Bertz CT molecular complexity index is 297. The smallest absolute Gasteiger partial charge is 0.127 e. The van der Waals surface area contributed by atoms with Gasteiger partial charge in [0, 0.05) is 29.7 Å². The number of aromatic nitrogens is 1. The molecule has 1 aromatic heterocycles. The number of hydrogen-bond acceptors (Lipinski definition) is 4. The van der Waals surface area contributed by atoms with Crippen molar-refractivity contribution in [3.05, 3.63) is 18.3 Å². The summed E-state index contributed by atoms with van der Waals surface area (Å²) in [4.78, 5) is 4.20. The van der Waals surface area contributed by atoms with E-state index in [-0.39, 0.29) is 0 Å². The Balaban J connectivity index is 1.85. The van der Waals surface area contributed by atoms with Crippen LogP contribution in [0.1, 0.15) is 12.8 Å². The highest BCUT2D eigenvalue weighted by molar-refractivity contribution is 8.00. The summed E-state index contributed by atoms with van der Waals surface area (Å²) in [6.45, 7) is 1.00. The molecule has 0 radical (unpaired) electrons. The fraction of sp³-hybridized carbons (Fsp3) is 0.500. The van der Waals surface area contributed by atoms with E-state index in [1.807, 2.05) is 17.8 Å². The summed E-state index contributed by atoms with van der Waals surface area (Å²) in [7, 11) is 0. The summed E-state index contributed by atoms with van der Waals surface area (Å²) in [5, 5.41) is 4.06. The molecule has 0 saturated carbocycles. The van der Waals surface area contributed by atoms with Gasteiger partial charge in [-0.2, -0.15) is 11.8 Å². The molecule has 2 rings (SSSR count). The van der Waals surface area contributed by atoms with Crippen LogP contribution in [0.4, 0.5) is 11.5 Å². The molecule has 76 valence electrons. The third-order valence-electron chi connectivity index (χ3n) is 2.32. The van der Waals surface area contributed by atoms with Gasteiger partial charge in [-0.15, -0.1) is 0 Å². The fourth-order valence-corrected chi connectivity index (χ4v) is 2.77. The van der Waals surface area contributed by atoms with Crippen LogP contribution >= 0.6 is 11.8 Å². The first-order chi connectivity index (χ1) is 6.84. The minimum Gasteiger partial charge on any atom is -0.399 e. The molecule has 1 fully saturated rings. The summed E-state index contributed by atoms with van der Waals surface area (Å²) < 4.78 is 0. The van der Waals surface area contributed by atoms with E-state index < -0.39 is 0 Å². The molecule has 3 N–H and O–H groups in total. The van der Waals surface area contributed by atoms with Gasteiger partial charge in [-0.3, -0.25) is 0 Å². The van der Waals surface area contributed by atoms with Crippen LogP contribution in [0.2, 0.25) is 0 Å². The van der Waals surface area contributed by atoms with Gasteiger partial charge in [-0.05, 0) is 24.7 Å². The lowest BCUT2D eigenvalue weighted by Gasteiger charge is -2.10. The second-order valence-corrected chi connectivity index (χ2v) is 4.90. The lowest BCUT2D eigenvalue weighted by Crippen LogP contribution is -2.14. The van der Waals surface area contributed by atoms with Crippen LogP contribution in [-0.4, -0.2) is 22.5 Å². The van der Waals surface area contributed by atoms with Crippen LogP contribution in [0.25, 0.3) is 0 Å². The molecule has 4 heteroatoms. The number of pyridine rings is 1. The van der Waals surface area contributed by atoms with Gasteiger partial charge in [0.1, 0.15) is 5.82 Å². The van der Waals surface area contributed by atoms with E-state index in [2.05, 4.69) is 10.3 Å². The average molecular weight is 209 g/mol. The van der Waals surface area contributed by atoms with Gasteiger partial charge in [0.15, 0.2) is 0 Å². The first-order valence-electron chi connectivity index (χ1n) is 4.91. The number of nitrogens with zero attached hydrogens (tertiary/aromatic N) is 1. The lowest BCUT2D eigenvalue weighted by molar-refractivity contribution is 0.803. The van der Waals surface area contributed by atoms with Gasteiger partial charge in [0.2, 0.25) is 0 Å². The van der Waals surface area contributed by atoms with E-state index in [0.717, 1.165) is 23.3 Å². The highest BCUT2D eigenvalue weighted by Crippen LogP contribution is 2.26. The molecule has 0 aliphatic carbocycles. The molecule has 1 aliphatic heterocycles. The Kier molecular flexibility index (Phi) is 3.14. The standard InChI is InChI=1S/C10H15N3S/c11-8-3-4-12-10(6-8)13-7-9-2-1-5-14-9/h3-4,6,9H,1-2,5,7H2,(H3,11,12,13). The molecule has 1 unspecified atom stereocenters. The summed E-state index contributed by atoms with van der Waals surface area (Å²) in [5.41, 5.74) is 6.42. The quantitative estimate of drug-likeness (QED) is 0.799. The predicted octanol–water partition coefficient (Wildman–Crippen LogP) is 1.97. The van der Waals surface area contributed by atoms with Crippen molar-refractivity contribution in [3.8, 4) is 0 Å². The summed E-state index contributed by atoms with van der Waals surface area (Å²) in [5.74, 6) is 2.19. The molecule has 2 heterocycles. The van der Waals surface area contributed by atoms with Gasteiger partial charge >= 0.3 is 0 Å². The monoisotopic (exact) mass is 209 g/mol. The van der Waals surface area contributed by atoms with Crippen molar-refractivity contribution >= 4 is 23.3 Å². The molecule has 0 amide bonds. The van der Waals surface area contributed by atoms with Crippen LogP contribution in [0.5, 0.6) is 0 Å². The first-order valence-corrected chi connectivity index (χ1v) is 5.96. The van der Waals surface area contributed by atoms with E-state index in [0.29, 0.717) is 0 Å². The normalized spacial score (nSPS) is 21.0. The Morgan fingerprint density at radius 2 is 2.57 bits per heavy atom. The number of thioether (sulfide) groups is 1. The molecule has 0 bridgehead atoms. The minimum absolute atomic E-state index is 0.748. The van der Waals surface area contributed by atoms with Crippen molar-refractivity contribution in [1.29, 1.82) is 0 Å². The van der Waals surface area contributed by atoms with Gasteiger partial charge in [-0.25, -0.2) is 4.98 Å². The largest absolute Gasteiger partial charge is 0.399 e. The number of nitrogen functional groups attached to an aromatic ring is 1. The van der Waals surface area contributed by atoms with Crippen LogP contribution in [0, 0.1) is 0 Å². The zero-order valence-corrected chi connectivity index (χ0v) is 8.89. The Hall–Kier alpha value is -0.900. The summed E-state index contributed by atoms with van der Waals surface area (Å²) >= 11 is 2.04. The number of nitrogens with two attached hydrogens (primary N) is 1. The van der Waals surface area contributed by atoms with Crippen molar-refractivity contribution in [3.63, 3.8) is 0 Å². The molecular weight excluding hydrogens is 194 g/mol. The van der Waals surface area contributed by atoms with E-state index >= 15 is 0 Å². The third kappa shape index (κ3) is 2.54. The van der Waals surface area contributed by atoms with Crippen LogP contribution in [-0.2, 0) is 0 Å². The molecular formula is C10H15N3S. The Labute approximate surface area is 88.5 Å². The maximum Gasteiger partial charge on any atom is 0.127 e. The molecule has 3 nitrogen and oxygen atoms in total. The third-order valence-corrected chi connectivity index (χ3v) is 3.72. The predicted molar refractivity (Wildman–Crippen MR) is 62.6 cm³/mol. The topological polar surface area (TPSA) is 50.9 Å². The van der Waals surface area contributed by atoms with Gasteiger partial charge in [0.25, 0.3) is 0 Å². The Morgan fingerprint density at radius 1 is 1.64 bits per heavy atom. The van der Waals surface area contributed by atoms with Crippen molar-refractivity contribution < 1.29 is 0 Å². The highest BCUT2D eigenvalue weighted by Gasteiger charge is 2.14. The van der Waals surface area contributed by atoms with Crippen LogP contribution in [0.15, 0.2) is 18.3 Å². The number of anilines is 2. The molecule has 1 aromatic rings. The minimum atomic E-state index is 0.748. The zero-order valence-electron chi connectivity index (χ0n) is 8.07. The van der Waals surface area contributed by atoms with Crippen molar-refractivity contribution in [2.75, 3.05) is 23.3 Å². The molecule has 1 saturated heterocycles. The first kappa shape index (κ1) is 9.65. The number of rotatable bonds is 3. The van der Waals surface area contributed by atoms with E-state index in [1.54, 1.807) is 12.3 Å². The lowest BCUT2D eigenvalue weighted by atomic mass is 10.2. The molecule has 0 aromatic carbocycles. The zero-order chi connectivity index (χ0) is 9.80.